The second kappa shape index (κ2) is 7.34. The maximum absolute atomic E-state index is 11.7. The van der Waals surface area contributed by atoms with E-state index in [2.05, 4.69) is 32.1 Å². The lowest BCUT2D eigenvalue weighted by Crippen LogP contribution is -2.46. The Kier molecular flexibility index (Phi) is 5.48. The van der Waals surface area contributed by atoms with Crippen LogP contribution in [0.4, 0.5) is 0 Å². The summed E-state index contributed by atoms with van der Waals surface area (Å²) >= 11 is 5.78. The molecule has 0 aliphatic rings. The number of rotatable bonds is 4. The number of hydrazine groups is 1. The average Bonchev–Trinajstić information content (AvgIpc) is 3.13. The summed E-state index contributed by atoms with van der Waals surface area (Å²) in [5, 5.41) is 4.23. The highest BCUT2D eigenvalue weighted by Crippen LogP contribution is 2.21. The molecule has 0 aromatic carbocycles. The second-order valence-electron chi connectivity index (χ2n) is 3.77. The maximum atomic E-state index is 11.7. The van der Waals surface area contributed by atoms with Crippen LogP contribution in [0.5, 0.6) is 0 Å². The van der Waals surface area contributed by atoms with Gasteiger partial charge in [0.05, 0.1) is 20.1 Å². The summed E-state index contributed by atoms with van der Waals surface area (Å²) in [4.78, 5) is 35.8. The molecule has 0 spiro atoms. The molecule has 2 rings (SSSR count). The third-order valence-corrected chi connectivity index (χ3v) is 4.76. The number of carbonyl (C=O) groups is 3. The number of nitrogens with one attached hydrogen (secondary N) is 3. The molecule has 2 aromatic heterocycles. The number of halogens is 1. The molecule has 3 amide bonds. The number of hydrogen-bond acceptors (Lipinski definition) is 5. The van der Waals surface area contributed by atoms with E-state index in [1.165, 1.54) is 22.7 Å². The van der Waals surface area contributed by atoms with Crippen molar-refractivity contribution in [2.24, 2.45) is 0 Å². The fraction of sp³-hybridized carbons (Fsp3) is 0.0833. The third-order valence-electron chi connectivity index (χ3n) is 2.27. The van der Waals surface area contributed by atoms with E-state index in [9.17, 15) is 14.4 Å². The highest BCUT2D eigenvalue weighted by molar-refractivity contribution is 9.11. The van der Waals surface area contributed by atoms with Gasteiger partial charge in [-0.3, -0.25) is 25.2 Å². The highest BCUT2D eigenvalue weighted by Gasteiger charge is 2.11. The highest BCUT2D eigenvalue weighted by atomic mass is 79.9. The molecule has 2 heterocycles. The van der Waals surface area contributed by atoms with E-state index < -0.39 is 11.8 Å². The van der Waals surface area contributed by atoms with E-state index >= 15 is 0 Å². The molecule has 21 heavy (non-hydrogen) atoms. The van der Waals surface area contributed by atoms with Gasteiger partial charge in [0.15, 0.2) is 0 Å². The van der Waals surface area contributed by atoms with E-state index in [0.717, 1.165) is 3.79 Å². The Morgan fingerprint density at radius 1 is 1.05 bits per heavy atom. The summed E-state index contributed by atoms with van der Waals surface area (Å²) in [6, 6.07) is 6.78. The van der Waals surface area contributed by atoms with Gasteiger partial charge < -0.3 is 5.32 Å². The van der Waals surface area contributed by atoms with Crippen molar-refractivity contribution < 1.29 is 14.4 Å². The number of amides is 3. The van der Waals surface area contributed by atoms with E-state index in [1.54, 1.807) is 29.6 Å². The Hall–Kier alpha value is -1.71. The van der Waals surface area contributed by atoms with Gasteiger partial charge in [0, 0.05) is 0 Å². The molecule has 2 aromatic rings. The van der Waals surface area contributed by atoms with Gasteiger partial charge in [-0.25, -0.2) is 0 Å². The van der Waals surface area contributed by atoms with Crippen LogP contribution in [0, 0.1) is 0 Å². The minimum absolute atomic E-state index is 0.217. The maximum Gasteiger partial charge on any atom is 0.279 e. The summed E-state index contributed by atoms with van der Waals surface area (Å²) in [5.74, 6) is -1.25. The molecule has 6 nitrogen and oxygen atoms in total. The fourth-order valence-corrected chi connectivity index (χ4v) is 3.25. The number of carbonyl (C=O) groups excluding carboxylic acids is 3. The van der Waals surface area contributed by atoms with Gasteiger partial charge in [0.1, 0.15) is 0 Å². The van der Waals surface area contributed by atoms with Gasteiger partial charge in [-0.05, 0) is 39.5 Å². The van der Waals surface area contributed by atoms with E-state index in [0.29, 0.717) is 9.75 Å². The lowest BCUT2D eigenvalue weighted by atomic mass is 10.4. The van der Waals surface area contributed by atoms with E-state index in [4.69, 9.17) is 0 Å². The minimum Gasteiger partial charge on any atom is -0.342 e. The van der Waals surface area contributed by atoms with Crippen LogP contribution in [0.3, 0.4) is 0 Å². The van der Waals surface area contributed by atoms with Gasteiger partial charge in [-0.15, -0.1) is 22.7 Å². The van der Waals surface area contributed by atoms with Crippen LogP contribution >= 0.6 is 38.6 Å². The Bertz CT molecular complexity index is 655. The van der Waals surface area contributed by atoms with Crippen molar-refractivity contribution in [3.05, 3.63) is 43.2 Å². The molecule has 0 saturated carbocycles. The second-order valence-corrected chi connectivity index (χ2v) is 7.18. The molecule has 0 bridgehead atoms. The molecule has 3 N–H and O–H groups in total. The molecule has 0 radical (unpaired) electrons. The molecular formula is C12H10BrN3O3S2. The van der Waals surface area contributed by atoms with Crippen molar-refractivity contribution in [2.75, 3.05) is 6.54 Å². The number of thiophene rings is 2. The first-order valence-electron chi connectivity index (χ1n) is 5.72. The topological polar surface area (TPSA) is 87.3 Å². The van der Waals surface area contributed by atoms with Crippen molar-refractivity contribution >= 4 is 56.3 Å². The zero-order chi connectivity index (χ0) is 15.2. The van der Waals surface area contributed by atoms with Gasteiger partial charge in [-0.2, -0.15) is 0 Å². The Balaban J connectivity index is 1.72. The summed E-state index contributed by atoms with van der Waals surface area (Å²) in [7, 11) is 0. The van der Waals surface area contributed by atoms with Gasteiger partial charge in [-0.1, -0.05) is 6.07 Å². The zero-order valence-electron chi connectivity index (χ0n) is 10.5. The summed E-state index contributed by atoms with van der Waals surface area (Å²) in [6.45, 7) is -0.217. The van der Waals surface area contributed by atoms with Crippen molar-refractivity contribution in [2.45, 2.75) is 0 Å². The molecule has 9 heteroatoms. The van der Waals surface area contributed by atoms with Crippen LogP contribution in [0.25, 0.3) is 0 Å². The first-order valence-corrected chi connectivity index (χ1v) is 8.21. The summed E-state index contributed by atoms with van der Waals surface area (Å²) < 4.78 is 0.821. The van der Waals surface area contributed by atoms with Crippen LogP contribution in [-0.4, -0.2) is 24.3 Å². The summed E-state index contributed by atoms with van der Waals surface area (Å²) in [6.07, 6.45) is 0. The first kappa shape index (κ1) is 15.7. The monoisotopic (exact) mass is 387 g/mol. The van der Waals surface area contributed by atoms with E-state index in [-0.39, 0.29) is 12.5 Å². The van der Waals surface area contributed by atoms with Crippen molar-refractivity contribution in [1.29, 1.82) is 0 Å². The first-order chi connectivity index (χ1) is 10.1. The predicted molar refractivity (Wildman–Crippen MR) is 84.3 cm³/mol. The van der Waals surface area contributed by atoms with Crippen LogP contribution in [0.2, 0.25) is 0 Å². The number of hydrogen-bond donors (Lipinski definition) is 3. The molecule has 0 fully saturated rings. The Morgan fingerprint density at radius 2 is 1.86 bits per heavy atom. The quantitative estimate of drug-likeness (QED) is 0.698. The molecule has 0 atom stereocenters. The summed E-state index contributed by atoms with van der Waals surface area (Å²) in [5.41, 5.74) is 4.51. The van der Waals surface area contributed by atoms with Crippen molar-refractivity contribution in [1.82, 2.24) is 16.2 Å². The van der Waals surface area contributed by atoms with Crippen molar-refractivity contribution in [3.63, 3.8) is 0 Å². The van der Waals surface area contributed by atoms with Gasteiger partial charge in [0.25, 0.3) is 17.7 Å². The van der Waals surface area contributed by atoms with Crippen LogP contribution in [0.15, 0.2) is 33.4 Å². The lowest BCUT2D eigenvalue weighted by molar-refractivity contribution is -0.120. The van der Waals surface area contributed by atoms with Crippen LogP contribution in [-0.2, 0) is 4.79 Å². The third kappa shape index (κ3) is 4.66. The predicted octanol–water partition coefficient (Wildman–Crippen LogP) is 1.76. The SMILES string of the molecule is O=C(CNC(=O)c1cccs1)NNC(=O)c1ccc(Br)s1. The van der Waals surface area contributed by atoms with Crippen LogP contribution < -0.4 is 16.2 Å². The van der Waals surface area contributed by atoms with Crippen LogP contribution in [0.1, 0.15) is 19.3 Å². The zero-order valence-corrected chi connectivity index (χ0v) is 13.7. The van der Waals surface area contributed by atoms with Gasteiger partial charge >= 0.3 is 0 Å². The molecule has 0 aliphatic heterocycles. The standard InChI is InChI=1S/C12H10BrN3O3S2/c13-9-4-3-8(21-9)12(19)16-15-10(17)6-14-11(18)7-2-1-5-20-7/h1-5H,6H2,(H,14,18)(H,15,17)(H,16,19). The fourth-order valence-electron chi connectivity index (χ4n) is 1.32. The lowest BCUT2D eigenvalue weighted by Gasteiger charge is -2.07. The van der Waals surface area contributed by atoms with E-state index in [1.807, 2.05) is 0 Å². The molecule has 110 valence electrons. The Labute approximate surface area is 136 Å². The minimum atomic E-state index is -0.510. The normalized spacial score (nSPS) is 9.95. The smallest absolute Gasteiger partial charge is 0.279 e. The molecular weight excluding hydrogens is 378 g/mol. The Morgan fingerprint density at radius 3 is 2.48 bits per heavy atom. The molecule has 0 saturated heterocycles. The molecule has 0 aliphatic carbocycles. The average molecular weight is 388 g/mol. The van der Waals surface area contributed by atoms with Gasteiger partial charge in [0.2, 0.25) is 0 Å². The van der Waals surface area contributed by atoms with Crippen molar-refractivity contribution in [3.8, 4) is 0 Å². The molecule has 0 unspecified atom stereocenters. The largest absolute Gasteiger partial charge is 0.342 e.